The molecule has 0 spiro atoms. The minimum absolute atomic E-state index is 0.00839. The zero-order valence-electron chi connectivity index (χ0n) is 13.0. The largest absolute Gasteiger partial charge is 0.482 e. The molecule has 0 aliphatic rings. The second-order valence-electron chi connectivity index (χ2n) is 4.96. The van der Waals surface area contributed by atoms with Crippen LogP contribution in [-0.2, 0) is 4.79 Å². The van der Waals surface area contributed by atoms with Crippen LogP contribution < -0.4 is 15.4 Å². The summed E-state index contributed by atoms with van der Waals surface area (Å²) in [6.07, 6.45) is 2.03. The number of benzene rings is 1. The Labute approximate surface area is 132 Å². The summed E-state index contributed by atoms with van der Waals surface area (Å²) >= 11 is 6.20. The van der Waals surface area contributed by atoms with Crippen molar-refractivity contribution in [1.82, 2.24) is 10.6 Å². The SMILES string of the molecule is CCCCNC(=O)COc1ccc(C(C)NCC)cc1Cl. The van der Waals surface area contributed by atoms with Crippen LogP contribution in [0.5, 0.6) is 5.75 Å². The number of carbonyl (C=O) groups is 1. The molecule has 0 fully saturated rings. The van der Waals surface area contributed by atoms with E-state index in [0.29, 0.717) is 17.3 Å². The minimum Gasteiger partial charge on any atom is -0.482 e. The second kappa shape index (κ2) is 9.64. The third kappa shape index (κ3) is 6.36. The van der Waals surface area contributed by atoms with Crippen LogP contribution in [0.1, 0.15) is 45.2 Å². The molecule has 0 saturated carbocycles. The number of ether oxygens (including phenoxy) is 1. The molecular weight excluding hydrogens is 288 g/mol. The molecule has 1 aromatic carbocycles. The van der Waals surface area contributed by atoms with Gasteiger partial charge in [-0.3, -0.25) is 4.79 Å². The molecule has 5 heteroatoms. The number of halogens is 1. The summed E-state index contributed by atoms with van der Waals surface area (Å²) in [6, 6.07) is 5.88. The van der Waals surface area contributed by atoms with E-state index >= 15 is 0 Å². The first-order chi connectivity index (χ1) is 10.1. The van der Waals surface area contributed by atoms with E-state index in [2.05, 4.69) is 31.4 Å². The van der Waals surface area contributed by atoms with E-state index in [9.17, 15) is 4.79 Å². The van der Waals surface area contributed by atoms with Crippen LogP contribution >= 0.6 is 11.6 Å². The van der Waals surface area contributed by atoms with E-state index in [1.165, 1.54) is 0 Å². The lowest BCUT2D eigenvalue weighted by molar-refractivity contribution is -0.123. The number of hydrogen-bond donors (Lipinski definition) is 2. The third-order valence-electron chi connectivity index (χ3n) is 3.18. The van der Waals surface area contributed by atoms with Crippen molar-refractivity contribution in [2.75, 3.05) is 19.7 Å². The molecule has 1 unspecified atom stereocenters. The maximum absolute atomic E-state index is 11.6. The highest BCUT2D eigenvalue weighted by Crippen LogP contribution is 2.27. The van der Waals surface area contributed by atoms with Crippen LogP contribution in [0.2, 0.25) is 5.02 Å². The van der Waals surface area contributed by atoms with Crippen LogP contribution in [0.25, 0.3) is 0 Å². The normalized spacial score (nSPS) is 12.0. The lowest BCUT2D eigenvalue weighted by Crippen LogP contribution is -2.29. The highest BCUT2D eigenvalue weighted by molar-refractivity contribution is 6.32. The summed E-state index contributed by atoms with van der Waals surface area (Å²) in [5, 5.41) is 6.65. The van der Waals surface area contributed by atoms with Gasteiger partial charge in [0.1, 0.15) is 5.75 Å². The summed E-state index contributed by atoms with van der Waals surface area (Å²) in [7, 11) is 0. The van der Waals surface area contributed by atoms with Gasteiger partial charge in [-0.1, -0.05) is 37.9 Å². The predicted octanol–water partition coefficient (Wildman–Crippen LogP) is 3.31. The van der Waals surface area contributed by atoms with E-state index in [0.717, 1.165) is 24.9 Å². The topological polar surface area (TPSA) is 50.4 Å². The van der Waals surface area contributed by atoms with E-state index in [4.69, 9.17) is 16.3 Å². The van der Waals surface area contributed by atoms with E-state index in [1.54, 1.807) is 0 Å². The van der Waals surface area contributed by atoms with Gasteiger partial charge >= 0.3 is 0 Å². The van der Waals surface area contributed by atoms with E-state index < -0.39 is 0 Å². The van der Waals surface area contributed by atoms with Gasteiger partial charge in [-0.25, -0.2) is 0 Å². The zero-order chi connectivity index (χ0) is 15.7. The van der Waals surface area contributed by atoms with Crippen LogP contribution in [0.15, 0.2) is 18.2 Å². The number of carbonyl (C=O) groups excluding carboxylic acids is 1. The number of hydrogen-bond acceptors (Lipinski definition) is 3. The number of amides is 1. The quantitative estimate of drug-likeness (QED) is 0.688. The van der Waals surface area contributed by atoms with E-state index in [-0.39, 0.29) is 18.6 Å². The van der Waals surface area contributed by atoms with Gasteiger partial charge in [-0.2, -0.15) is 0 Å². The fourth-order valence-electron chi connectivity index (χ4n) is 1.93. The smallest absolute Gasteiger partial charge is 0.257 e. The van der Waals surface area contributed by atoms with Crippen molar-refractivity contribution in [3.8, 4) is 5.75 Å². The van der Waals surface area contributed by atoms with Crippen LogP contribution in [0, 0.1) is 0 Å². The van der Waals surface area contributed by atoms with Crippen LogP contribution in [-0.4, -0.2) is 25.6 Å². The maximum Gasteiger partial charge on any atom is 0.257 e. The lowest BCUT2D eigenvalue weighted by atomic mass is 10.1. The van der Waals surface area contributed by atoms with Gasteiger partial charge in [0, 0.05) is 12.6 Å². The Bertz CT molecular complexity index is 452. The molecular formula is C16H25ClN2O2. The third-order valence-corrected chi connectivity index (χ3v) is 3.47. The van der Waals surface area contributed by atoms with Gasteiger partial charge < -0.3 is 15.4 Å². The lowest BCUT2D eigenvalue weighted by Gasteiger charge is -2.15. The molecule has 1 atom stereocenters. The van der Waals surface area contributed by atoms with Gasteiger partial charge in [0.2, 0.25) is 0 Å². The number of rotatable bonds is 9. The van der Waals surface area contributed by atoms with Gasteiger partial charge in [-0.05, 0) is 37.6 Å². The van der Waals surface area contributed by atoms with Crippen molar-refractivity contribution in [3.63, 3.8) is 0 Å². The van der Waals surface area contributed by atoms with Gasteiger partial charge in [0.05, 0.1) is 5.02 Å². The molecule has 1 amide bonds. The molecule has 0 bridgehead atoms. The molecule has 2 N–H and O–H groups in total. The Morgan fingerprint density at radius 3 is 2.76 bits per heavy atom. The number of unbranched alkanes of at least 4 members (excludes halogenated alkanes) is 1. The van der Waals surface area contributed by atoms with Crippen LogP contribution in [0.3, 0.4) is 0 Å². The van der Waals surface area contributed by atoms with Crippen molar-refractivity contribution >= 4 is 17.5 Å². The summed E-state index contributed by atoms with van der Waals surface area (Å²) in [5.74, 6) is 0.416. The van der Waals surface area contributed by atoms with Crippen molar-refractivity contribution in [2.45, 2.75) is 39.7 Å². The van der Waals surface area contributed by atoms with E-state index in [1.807, 2.05) is 18.2 Å². The molecule has 118 valence electrons. The fraction of sp³-hybridized carbons (Fsp3) is 0.562. The highest BCUT2D eigenvalue weighted by Gasteiger charge is 2.09. The summed E-state index contributed by atoms with van der Waals surface area (Å²) < 4.78 is 5.46. The molecule has 0 radical (unpaired) electrons. The van der Waals surface area contributed by atoms with Crippen LogP contribution in [0.4, 0.5) is 0 Å². The Morgan fingerprint density at radius 1 is 1.38 bits per heavy atom. The molecule has 0 aliphatic carbocycles. The Morgan fingerprint density at radius 2 is 2.14 bits per heavy atom. The summed E-state index contributed by atoms with van der Waals surface area (Å²) in [4.78, 5) is 11.6. The first-order valence-electron chi connectivity index (χ1n) is 7.50. The highest BCUT2D eigenvalue weighted by atomic mass is 35.5. The van der Waals surface area contributed by atoms with Crippen molar-refractivity contribution in [3.05, 3.63) is 28.8 Å². The molecule has 4 nitrogen and oxygen atoms in total. The first-order valence-corrected chi connectivity index (χ1v) is 7.88. The first kappa shape index (κ1) is 17.8. The summed E-state index contributed by atoms with van der Waals surface area (Å²) in [5.41, 5.74) is 1.10. The zero-order valence-corrected chi connectivity index (χ0v) is 13.8. The van der Waals surface area contributed by atoms with Crippen molar-refractivity contribution in [2.24, 2.45) is 0 Å². The fourth-order valence-corrected chi connectivity index (χ4v) is 2.17. The van der Waals surface area contributed by atoms with Crippen molar-refractivity contribution in [1.29, 1.82) is 0 Å². The molecule has 0 aromatic heterocycles. The van der Waals surface area contributed by atoms with Gasteiger partial charge in [-0.15, -0.1) is 0 Å². The Hall–Kier alpha value is -1.26. The number of nitrogens with one attached hydrogen (secondary N) is 2. The molecule has 21 heavy (non-hydrogen) atoms. The maximum atomic E-state index is 11.6. The average Bonchev–Trinajstić information content (AvgIpc) is 2.46. The van der Waals surface area contributed by atoms with Crippen molar-refractivity contribution < 1.29 is 9.53 Å². The molecule has 0 heterocycles. The average molecular weight is 313 g/mol. The second-order valence-corrected chi connectivity index (χ2v) is 5.37. The predicted molar refractivity (Wildman–Crippen MR) is 87.0 cm³/mol. The summed E-state index contributed by atoms with van der Waals surface area (Å²) in [6.45, 7) is 7.80. The molecule has 0 saturated heterocycles. The van der Waals surface area contributed by atoms with Gasteiger partial charge in [0.15, 0.2) is 6.61 Å². The Kier molecular flexibility index (Phi) is 8.16. The molecule has 1 rings (SSSR count). The minimum atomic E-state index is -0.121. The molecule has 0 aliphatic heterocycles. The standard InChI is InChI=1S/C16H25ClN2O2/c1-4-6-9-19-16(20)11-21-15-8-7-13(10-14(15)17)12(3)18-5-2/h7-8,10,12,18H,4-6,9,11H2,1-3H3,(H,19,20). The monoisotopic (exact) mass is 312 g/mol. The Balaban J connectivity index is 2.51. The van der Waals surface area contributed by atoms with Gasteiger partial charge in [0.25, 0.3) is 5.91 Å². The molecule has 1 aromatic rings.